The minimum Gasteiger partial charge on any atom is -0.468 e. The Morgan fingerprint density at radius 2 is 2.05 bits per heavy atom. The van der Waals surface area contributed by atoms with Crippen LogP contribution in [0, 0.1) is 6.92 Å². The number of carbonyl (C=O) groups excluding carboxylic acids is 2. The van der Waals surface area contributed by atoms with Crippen molar-refractivity contribution in [2.75, 3.05) is 32.6 Å². The zero-order valence-corrected chi connectivity index (χ0v) is 12.0. The minimum atomic E-state index is -0.380. The van der Waals surface area contributed by atoms with Gasteiger partial charge >= 0.3 is 5.97 Å². The van der Waals surface area contributed by atoms with Crippen LogP contribution >= 0.6 is 11.6 Å². The van der Waals surface area contributed by atoms with Crippen molar-refractivity contribution in [3.05, 3.63) is 28.8 Å². The van der Waals surface area contributed by atoms with E-state index in [1.54, 1.807) is 30.1 Å². The normalized spacial score (nSPS) is 10.4. The summed E-state index contributed by atoms with van der Waals surface area (Å²) in [6, 6.07) is 5.30. The number of hydrogen-bond acceptors (Lipinski definition) is 4. The van der Waals surface area contributed by atoms with Gasteiger partial charge in [-0.05, 0) is 31.7 Å². The molecule has 1 rings (SSSR count). The third-order valence-electron chi connectivity index (χ3n) is 2.58. The molecule has 0 saturated carbocycles. The van der Waals surface area contributed by atoms with Crippen LogP contribution in [0.5, 0.6) is 0 Å². The molecule has 0 aliphatic rings. The van der Waals surface area contributed by atoms with Crippen molar-refractivity contribution in [1.29, 1.82) is 0 Å². The zero-order chi connectivity index (χ0) is 14.4. The lowest BCUT2D eigenvalue weighted by Gasteiger charge is -2.15. The zero-order valence-electron chi connectivity index (χ0n) is 11.2. The van der Waals surface area contributed by atoms with Crippen molar-refractivity contribution in [1.82, 2.24) is 4.90 Å². The van der Waals surface area contributed by atoms with E-state index in [-0.39, 0.29) is 25.0 Å². The topological polar surface area (TPSA) is 58.6 Å². The van der Waals surface area contributed by atoms with E-state index in [0.29, 0.717) is 10.7 Å². The summed E-state index contributed by atoms with van der Waals surface area (Å²) < 4.78 is 4.53. The number of carbonyl (C=O) groups is 2. The van der Waals surface area contributed by atoms with Gasteiger partial charge in [0.2, 0.25) is 5.91 Å². The Labute approximate surface area is 117 Å². The maximum atomic E-state index is 11.8. The average molecular weight is 285 g/mol. The summed E-state index contributed by atoms with van der Waals surface area (Å²) in [4.78, 5) is 24.4. The summed E-state index contributed by atoms with van der Waals surface area (Å²) in [6.07, 6.45) is 0. The Morgan fingerprint density at radius 3 is 2.68 bits per heavy atom. The lowest BCUT2D eigenvalue weighted by Crippen LogP contribution is -2.34. The molecule has 0 fully saturated rings. The molecule has 0 spiro atoms. The van der Waals surface area contributed by atoms with Gasteiger partial charge in [0.25, 0.3) is 0 Å². The molecule has 0 aromatic heterocycles. The van der Waals surface area contributed by atoms with E-state index < -0.39 is 0 Å². The molecule has 104 valence electrons. The van der Waals surface area contributed by atoms with Crippen LogP contribution in [0.25, 0.3) is 0 Å². The number of hydrogen-bond donors (Lipinski definition) is 1. The molecule has 0 bridgehead atoms. The van der Waals surface area contributed by atoms with Gasteiger partial charge in [-0.3, -0.25) is 14.5 Å². The second-order valence-electron chi connectivity index (χ2n) is 4.21. The highest BCUT2D eigenvalue weighted by Crippen LogP contribution is 2.22. The Kier molecular flexibility index (Phi) is 5.79. The molecule has 0 radical (unpaired) electrons. The predicted octanol–water partition coefficient (Wildman–Crippen LogP) is 1.69. The first-order valence-electron chi connectivity index (χ1n) is 5.74. The van der Waals surface area contributed by atoms with Crippen LogP contribution in [0.1, 0.15) is 5.56 Å². The van der Waals surface area contributed by atoms with Crippen LogP contribution in [0.4, 0.5) is 5.69 Å². The van der Waals surface area contributed by atoms with Crippen LogP contribution in [0.15, 0.2) is 18.2 Å². The van der Waals surface area contributed by atoms with Gasteiger partial charge in [0.1, 0.15) is 0 Å². The van der Waals surface area contributed by atoms with Gasteiger partial charge in [0.15, 0.2) is 0 Å². The summed E-state index contributed by atoms with van der Waals surface area (Å²) in [6.45, 7) is 2.00. The van der Waals surface area contributed by atoms with Crippen molar-refractivity contribution >= 4 is 29.2 Å². The molecule has 1 amide bonds. The maximum Gasteiger partial charge on any atom is 0.319 e. The Morgan fingerprint density at radius 1 is 1.37 bits per heavy atom. The standard InChI is InChI=1S/C13H17ClN2O3/c1-9-10(14)5-4-6-11(9)15-12(17)7-16(2)8-13(18)19-3/h4-6H,7-8H2,1-3H3,(H,15,17). The molecule has 0 heterocycles. The maximum absolute atomic E-state index is 11.8. The van der Waals surface area contributed by atoms with Crippen molar-refractivity contribution in [3.8, 4) is 0 Å². The average Bonchev–Trinajstić information content (AvgIpc) is 2.34. The summed E-state index contributed by atoms with van der Waals surface area (Å²) in [7, 11) is 2.98. The number of ether oxygens (including phenoxy) is 1. The van der Waals surface area contributed by atoms with Crippen molar-refractivity contribution in [2.45, 2.75) is 6.92 Å². The van der Waals surface area contributed by atoms with E-state index in [4.69, 9.17) is 11.6 Å². The molecular weight excluding hydrogens is 268 g/mol. The van der Waals surface area contributed by atoms with E-state index in [9.17, 15) is 9.59 Å². The highest BCUT2D eigenvalue weighted by atomic mass is 35.5. The summed E-state index contributed by atoms with van der Waals surface area (Å²) in [5.41, 5.74) is 1.48. The highest BCUT2D eigenvalue weighted by molar-refractivity contribution is 6.31. The van der Waals surface area contributed by atoms with Gasteiger partial charge in [-0.25, -0.2) is 0 Å². The molecule has 0 aliphatic heterocycles. The number of nitrogens with one attached hydrogen (secondary N) is 1. The third-order valence-corrected chi connectivity index (χ3v) is 2.99. The number of anilines is 1. The fourth-order valence-corrected chi connectivity index (χ4v) is 1.69. The number of esters is 1. The van der Waals surface area contributed by atoms with E-state index in [1.807, 2.05) is 6.92 Å². The smallest absolute Gasteiger partial charge is 0.319 e. The van der Waals surface area contributed by atoms with Gasteiger partial charge in [0.05, 0.1) is 20.2 Å². The molecule has 6 heteroatoms. The SMILES string of the molecule is COC(=O)CN(C)CC(=O)Nc1cccc(Cl)c1C. The molecule has 1 aromatic carbocycles. The number of benzene rings is 1. The number of methoxy groups -OCH3 is 1. The summed E-state index contributed by atoms with van der Waals surface area (Å²) in [5.74, 6) is -0.592. The molecule has 0 unspecified atom stereocenters. The summed E-state index contributed by atoms with van der Waals surface area (Å²) in [5, 5.41) is 3.35. The Bertz CT molecular complexity index is 477. The van der Waals surface area contributed by atoms with E-state index in [2.05, 4.69) is 10.1 Å². The molecule has 0 atom stereocenters. The van der Waals surface area contributed by atoms with Crippen molar-refractivity contribution < 1.29 is 14.3 Å². The first kappa shape index (κ1) is 15.5. The number of likely N-dealkylation sites (N-methyl/N-ethyl adjacent to an activating group) is 1. The van der Waals surface area contributed by atoms with E-state index >= 15 is 0 Å². The second-order valence-corrected chi connectivity index (χ2v) is 4.62. The van der Waals surface area contributed by atoms with Gasteiger partial charge in [-0.1, -0.05) is 17.7 Å². The van der Waals surface area contributed by atoms with E-state index in [1.165, 1.54) is 7.11 Å². The third kappa shape index (κ3) is 4.89. The molecule has 19 heavy (non-hydrogen) atoms. The van der Waals surface area contributed by atoms with Crippen LogP contribution in [0.2, 0.25) is 5.02 Å². The summed E-state index contributed by atoms with van der Waals surface area (Å²) >= 11 is 5.97. The second kappa shape index (κ2) is 7.11. The highest BCUT2D eigenvalue weighted by Gasteiger charge is 2.12. The molecular formula is C13H17ClN2O3. The quantitative estimate of drug-likeness (QED) is 0.836. The van der Waals surface area contributed by atoms with Crippen LogP contribution in [0.3, 0.4) is 0 Å². The first-order chi connectivity index (χ1) is 8.93. The number of amides is 1. The Hall–Kier alpha value is -1.59. The van der Waals surface area contributed by atoms with Crippen LogP contribution < -0.4 is 5.32 Å². The van der Waals surface area contributed by atoms with Crippen molar-refractivity contribution in [3.63, 3.8) is 0 Å². The van der Waals surface area contributed by atoms with Crippen LogP contribution in [-0.4, -0.2) is 44.0 Å². The fraction of sp³-hybridized carbons (Fsp3) is 0.385. The monoisotopic (exact) mass is 284 g/mol. The number of rotatable bonds is 5. The molecule has 1 aromatic rings. The van der Waals surface area contributed by atoms with Crippen molar-refractivity contribution in [2.24, 2.45) is 0 Å². The largest absolute Gasteiger partial charge is 0.468 e. The fourth-order valence-electron chi connectivity index (χ4n) is 1.52. The molecule has 1 N–H and O–H groups in total. The van der Waals surface area contributed by atoms with Gasteiger partial charge in [0, 0.05) is 10.7 Å². The van der Waals surface area contributed by atoms with Gasteiger partial charge < -0.3 is 10.1 Å². The van der Waals surface area contributed by atoms with Crippen LogP contribution in [-0.2, 0) is 14.3 Å². The lowest BCUT2D eigenvalue weighted by atomic mass is 10.2. The van der Waals surface area contributed by atoms with E-state index in [0.717, 1.165) is 5.56 Å². The number of halogens is 1. The predicted molar refractivity (Wildman–Crippen MR) is 74.3 cm³/mol. The molecule has 5 nitrogen and oxygen atoms in total. The minimum absolute atomic E-state index is 0.0679. The Balaban J connectivity index is 2.56. The molecule has 0 aliphatic carbocycles. The molecule has 0 saturated heterocycles. The van der Waals surface area contributed by atoms with Gasteiger partial charge in [-0.15, -0.1) is 0 Å². The first-order valence-corrected chi connectivity index (χ1v) is 6.12. The number of nitrogens with zero attached hydrogens (tertiary/aromatic N) is 1. The lowest BCUT2D eigenvalue weighted by molar-refractivity contribution is -0.141. The van der Waals surface area contributed by atoms with Gasteiger partial charge in [-0.2, -0.15) is 0 Å².